The topological polar surface area (TPSA) is 43.1 Å². The van der Waals surface area contributed by atoms with Crippen molar-refractivity contribution in [3.8, 4) is 0 Å². The lowest BCUT2D eigenvalue weighted by Gasteiger charge is -1.90. The van der Waals surface area contributed by atoms with Gasteiger partial charge in [-0.05, 0) is 6.42 Å². The average Bonchev–Trinajstić information content (AvgIpc) is 2.13. The number of primary amides is 1. The van der Waals surface area contributed by atoms with E-state index in [9.17, 15) is 4.79 Å². The smallest absolute Gasteiger partial charge is 0.223 e. The van der Waals surface area contributed by atoms with Gasteiger partial charge in [-0.15, -0.1) is 23.2 Å². The first-order valence-corrected chi connectivity index (χ1v) is 2.97. The molecule has 0 aromatic rings. The molecule has 1 rings (SSSR count). The van der Waals surface area contributed by atoms with Crippen LogP contribution in [0.1, 0.15) is 6.42 Å². The zero-order valence-electron chi connectivity index (χ0n) is 4.03. The molecule has 0 saturated heterocycles. The monoisotopic (exact) mass is 153 g/mol. The molecule has 0 aliphatic heterocycles. The normalized spacial score (nSPS) is 32.0. The van der Waals surface area contributed by atoms with Gasteiger partial charge in [0.2, 0.25) is 5.91 Å². The van der Waals surface area contributed by atoms with Crippen LogP contribution in [0.25, 0.3) is 0 Å². The maximum Gasteiger partial charge on any atom is 0.223 e. The number of halogens is 2. The highest BCUT2D eigenvalue weighted by molar-refractivity contribution is 6.52. The van der Waals surface area contributed by atoms with Gasteiger partial charge in [-0.2, -0.15) is 0 Å². The van der Waals surface area contributed by atoms with E-state index in [-0.39, 0.29) is 5.92 Å². The quantitative estimate of drug-likeness (QED) is 0.554. The number of carbonyl (C=O) groups is 1. The Kier molecular flexibility index (Phi) is 1.17. The molecule has 2 N–H and O–H groups in total. The highest BCUT2D eigenvalue weighted by Gasteiger charge is 2.55. The van der Waals surface area contributed by atoms with E-state index in [1.165, 1.54) is 0 Å². The Morgan fingerprint density at radius 2 is 2.12 bits per heavy atom. The third kappa shape index (κ3) is 0.906. The van der Waals surface area contributed by atoms with Gasteiger partial charge in [0, 0.05) is 0 Å². The van der Waals surface area contributed by atoms with Crippen LogP contribution in [0.15, 0.2) is 0 Å². The number of carbonyl (C=O) groups excluding carboxylic acids is 1. The molecule has 0 aromatic carbocycles. The molecule has 1 fully saturated rings. The second-order valence-electron chi connectivity index (χ2n) is 1.92. The van der Waals surface area contributed by atoms with Gasteiger partial charge in [0.05, 0.1) is 5.92 Å². The van der Waals surface area contributed by atoms with Crippen LogP contribution in [0.2, 0.25) is 0 Å². The molecule has 1 aliphatic rings. The highest BCUT2D eigenvalue weighted by atomic mass is 35.5. The van der Waals surface area contributed by atoms with Gasteiger partial charge in [-0.1, -0.05) is 0 Å². The fraction of sp³-hybridized carbons (Fsp3) is 0.750. The molecule has 0 radical (unpaired) electrons. The van der Waals surface area contributed by atoms with Gasteiger partial charge in [-0.25, -0.2) is 0 Å². The molecule has 1 unspecified atom stereocenters. The summed E-state index contributed by atoms with van der Waals surface area (Å²) in [4.78, 5) is 10.2. The molecule has 0 heterocycles. The molecule has 46 valence electrons. The first-order chi connectivity index (χ1) is 3.54. The first-order valence-electron chi connectivity index (χ1n) is 2.21. The fourth-order valence-corrected chi connectivity index (χ4v) is 1.05. The van der Waals surface area contributed by atoms with Gasteiger partial charge in [0.25, 0.3) is 0 Å². The minimum absolute atomic E-state index is 0.314. The van der Waals surface area contributed by atoms with Crippen LogP contribution in [0.3, 0.4) is 0 Å². The van der Waals surface area contributed by atoms with Crippen molar-refractivity contribution in [3.63, 3.8) is 0 Å². The molecule has 1 saturated carbocycles. The summed E-state index contributed by atoms with van der Waals surface area (Å²) in [5, 5.41) is 0. The zero-order valence-corrected chi connectivity index (χ0v) is 5.54. The zero-order chi connectivity index (χ0) is 6.36. The second-order valence-corrected chi connectivity index (χ2v) is 3.46. The lowest BCUT2D eigenvalue weighted by Crippen LogP contribution is -2.16. The number of amides is 1. The molecule has 1 aliphatic carbocycles. The van der Waals surface area contributed by atoms with E-state index in [0.29, 0.717) is 6.42 Å². The Hall–Kier alpha value is 0.0500. The summed E-state index contributed by atoms with van der Waals surface area (Å²) in [5.74, 6) is -0.721. The molecule has 1 atom stereocenters. The van der Waals surface area contributed by atoms with Crippen LogP contribution in [-0.4, -0.2) is 10.2 Å². The maximum atomic E-state index is 10.2. The Bertz CT molecular complexity index is 134. The van der Waals surface area contributed by atoms with Crippen LogP contribution in [0.5, 0.6) is 0 Å². The molecular weight excluding hydrogens is 149 g/mol. The predicted octanol–water partition coefficient (Wildman–Crippen LogP) is 0.665. The summed E-state index contributed by atoms with van der Waals surface area (Å²) in [7, 11) is 0. The van der Waals surface area contributed by atoms with Crippen molar-refractivity contribution in [2.45, 2.75) is 10.8 Å². The van der Waals surface area contributed by atoms with Crippen molar-refractivity contribution in [2.75, 3.05) is 0 Å². The number of hydrogen-bond donors (Lipinski definition) is 1. The average molecular weight is 154 g/mol. The maximum absolute atomic E-state index is 10.2. The summed E-state index contributed by atoms with van der Waals surface area (Å²) in [5.41, 5.74) is 4.87. The summed E-state index contributed by atoms with van der Waals surface area (Å²) < 4.78 is -0.841. The minimum atomic E-state index is -0.841. The van der Waals surface area contributed by atoms with Crippen molar-refractivity contribution in [2.24, 2.45) is 11.7 Å². The number of alkyl halides is 2. The van der Waals surface area contributed by atoms with Crippen LogP contribution in [-0.2, 0) is 4.79 Å². The Balaban J connectivity index is 2.48. The summed E-state index contributed by atoms with van der Waals surface area (Å²) >= 11 is 10.9. The van der Waals surface area contributed by atoms with Crippen LogP contribution < -0.4 is 5.73 Å². The highest BCUT2D eigenvalue weighted by Crippen LogP contribution is 2.52. The third-order valence-electron chi connectivity index (χ3n) is 1.17. The predicted molar refractivity (Wildman–Crippen MR) is 31.7 cm³/mol. The molecule has 8 heavy (non-hydrogen) atoms. The van der Waals surface area contributed by atoms with Crippen molar-refractivity contribution in [1.82, 2.24) is 0 Å². The Morgan fingerprint density at radius 3 is 2.12 bits per heavy atom. The van der Waals surface area contributed by atoms with E-state index in [1.54, 1.807) is 0 Å². The van der Waals surface area contributed by atoms with E-state index >= 15 is 0 Å². The van der Waals surface area contributed by atoms with Crippen LogP contribution in [0.4, 0.5) is 0 Å². The van der Waals surface area contributed by atoms with Gasteiger partial charge >= 0.3 is 0 Å². The van der Waals surface area contributed by atoms with Crippen molar-refractivity contribution in [3.05, 3.63) is 0 Å². The first kappa shape index (κ1) is 6.17. The third-order valence-corrected chi connectivity index (χ3v) is 2.00. The van der Waals surface area contributed by atoms with Gasteiger partial charge < -0.3 is 5.73 Å². The van der Waals surface area contributed by atoms with Crippen LogP contribution in [0, 0.1) is 5.92 Å². The van der Waals surface area contributed by atoms with Gasteiger partial charge in [0.1, 0.15) is 4.33 Å². The standard InChI is InChI=1S/C4H5Cl2NO/c5-4(6)1-2(4)3(7)8/h2H,1H2,(H2,7,8). The molecule has 0 aromatic heterocycles. The lowest BCUT2D eigenvalue weighted by atomic mass is 10.4. The SMILES string of the molecule is NC(=O)C1CC1(Cl)Cl. The fourth-order valence-electron chi connectivity index (χ4n) is 0.522. The van der Waals surface area contributed by atoms with E-state index in [4.69, 9.17) is 28.9 Å². The molecule has 0 bridgehead atoms. The molecule has 2 nitrogen and oxygen atoms in total. The van der Waals surface area contributed by atoms with Gasteiger partial charge in [0.15, 0.2) is 0 Å². The summed E-state index contributed by atoms with van der Waals surface area (Å²) in [6.45, 7) is 0. The van der Waals surface area contributed by atoms with Crippen molar-refractivity contribution in [1.29, 1.82) is 0 Å². The van der Waals surface area contributed by atoms with Crippen molar-refractivity contribution < 1.29 is 4.79 Å². The lowest BCUT2D eigenvalue weighted by molar-refractivity contribution is -0.119. The molecule has 4 heteroatoms. The van der Waals surface area contributed by atoms with E-state index < -0.39 is 10.2 Å². The Labute approximate surface area is 56.9 Å². The summed E-state index contributed by atoms with van der Waals surface area (Å²) in [6.07, 6.45) is 0.505. The van der Waals surface area contributed by atoms with E-state index in [0.717, 1.165) is 0 Å². The minimum Gasteiger partial charge on any atom is -0.369 e. The van der Waals surface area contributed by atoms with E-state index in [2.05, 4.69) is 0 Å². The van der Waals surface area contributed by atoms with E-state index in [1.807, 2.05) is 0 Å². The Morgan fingerprint density at radius 1 is 1.75 bits per heavy atom. The van der Waals surface area contributed by atoms with Gasteiger partial charge in [-0.3, -0.25) is 4.79 Å². The molecular formula is C4H5Cl2NO. The molecule has 0 spiro atoms. The van der Waals surface area contributed by atoms with Crippen LogP contribution >= 0.6 is 23.2 Å². The summed E-state index contributed by atoms with van der Waals surface area (Å²) in [6, 6.07) is 0. The largest absolute Gasteiger partial charge is 0.369 e. The second kappa shape index (κ2) is 1.52. The number of nitrogens with two attached hydrogens (primary N) is 1. The molecule has 1 amide bonds. The number of hydrogen-bond acceptors (Lipinski definition) is 1. The van der Waals surface area contributed by atoms with Crippen molar-refractivity contribution >= 4 is 29.1 Å². The number of rotatable bonds is 1.